The lowest BCUT2D eigenvalue weighted by Crippen LogP contribution is -2.50. The number of imide groups is 1. The zero-order chi connectivity index (χ0) is 26.2. The summed E-state index contributed by atoms with van der Waals surface area (Å²) >= 11 is 0. The van der Waals surface area contributed by atoms with Crippen LogP contribution in [0.3, 0.4) is 0 Å². The summed E-state index contributed by atoms with van der Waals surface area (Å²) in [7, 11) is 0. The minimum absolute atomic E-state index is 0.0906. The molecular formula is C24H30F3N3O5. The highest BCUT2D eigenvalue weighted by Gasteiger charge is 2.53. The lowest BCUT2D eigenvalue weighted by molar-refractivity contribution is -0.155. The van der Waals surface area contributed by atoms with Crippen molar-refractivity contribution in [3.8, 4) is 0 Å². The Labute approximate surface area is 201 Å². The summed E-state index contributed by atoms with van der Waals surface area (Å²) in [5.74, 6) is -1.79. The van der Waals surface area contributed by atoms with Gasteiger partial charge in [0.15, 0.2) is 6.10 Å². The molecule has 35 heavy (non-hydrogen) atoms. The number of carbonyl (C=O) groups excluding carboxylic acids is 4. The van der Waals surface area contributed by atoms with Crippen LogP contribution in [0.5, 0.6) is 0 Å². The molecule has 2 N–H and O–H groups in total. The molecule has 192 valence electrons. The van der Waals surface area contributed by atoms with Crippen LogP contribution in [0.15, 0.2) is 24.3 Å². The first-order valence-corrected chi connectivity index (χ1v) is 11.4. The maximum absolute atomic E-state index is 13.0. The maximum Gasteiger partial charge on any atom is 0.416 e. The number of hydrogen-bond donors (Lipinski definition) is 2. The monoisotopic (exact) mass is 497 g/mol. The molecule has 8 nitrogen and oxygen atoms in total. The third-order valence-corrected chi connectivity index (χ3v) is 6.75. The van der Waals surface area contributed by atoms with Gasteiger partial charge >= 0.3 is 18.2 Å². The Hall–Kier alpha value is -3.11. The number of urea groups is 1. The van der Waals surface area contributed by atoms with Crippen molar-refractivity contribution in [1.82, 2.24) is 10.2 Å². The molecule has 11 heteroatoms. The predicted molar refractivity (Wildman–Crippen MR) is 120 cm³/mol. The number of alkyl halides is 3. The Morgan fingerprint density at radius 1 is 1.14 bits per heavy atom. The first-order chi connectivity index (χ1) is 16.1. The van der Waals surface area contributed by atoms with Crippen LogP contribution in [0.2, 0.25) is 0 Å². The number of carbonyl (C=O) groups is 4. The van der Waals surface area contributed by atoms with Gasteiger partial charge in [0.2, 0.25) is 0 Å². The van der Waals surface area contributed by atoms with Gasteiger partial charge in [0.1, 0.15) is 12.1 Å². The van der Waals surface area contributed by atoms with E-state index in [0.717, 1.165) is 42.0 Å². The molecule has 0 radical (unpaired) electrons. The molecule has 1 atom stereocenters. The predicted octanol–water partition coefficient (Wildman–Crippen LogP) is 4.10. The van der Waals surface area contributed by atoms with E-state index in [0.29, 0.717) is 18.8 Å². The maximum atomic E-state index is 13.0. The molecule has 1 spiro atoms. The highest BCUT2D eigenvalue weighted by Crippen LogP contribution is 2.43. The highest BCUT2D eigenvalue weighted by atomic mass is 19.4. The number of nitrogens with one attached hydrogen (secondary N) is 2. The SMILES string of the molecule is CC(OC(=O)CN1C(=O)NC2(CCC(C(C)(C)C)CC2)C1=O)C(=O)Nc1ccc(C(F)(F)F)cc1. The molecule has 3 rings (SSSR count). The van der Waals surface area contributed by atoms with Gasteiger partial charge in [-0.1, -0.05) is 20.8 Å². The van der Waals surface area contributed by atoms with E-state index < -0.39 is 53.7 Å². The molecule has 4 amide bonds. The molecule has 2 fully saturated rings. The molecule has 1 saturated heterocycles. The third kappa shape index (κ3) is 5.94. The van der Waals surface area contributed by atoms with Gasteiger partial charge in [0, 0.05) is 5.69 Å². The quantitative estimate of drug-likeness (QED) is 0.471. The standard InChI is InChI=1S/C24H30F3N3O5/c1-14(19(32)28-17-7-5-16(6-8-17)24(25,26)27)35-18(31)13-30-20(33)23(29-21(30)34)11-9-15(10-12-23)22(2,3)4/h5-8,14-15H,9-13H2,1-4H3,(H,28,32)(H,29,34). The largest absolute Gasteiger partial charge is 0.451 e. The summed E-state index contributed by atoms with van der Waals surface area (Å²) in [5, 5.41) is 5.10. The van der Waals surface area contributed by atoms with Crippen molar-refractivity contribution in [2.45, 2.75) is 71.2 Å². The van der Waals surface area contributed by atoms with Crippen LogP contribution in [0.4, 0.5) is 23.7 Å². The summed E-state index contributed by atoms with van der Waals surface area (Å²) in [6, 6.07) is 3.11. The molecule has 1 aromatic rings. The van der Waals surface area contributed by atoms with Crippen LogP contribution in [-0.2, 0) is 25.3 Å². The van der Waals surface area contributed by atoms with Gasteiger partial charge in [-0.3, -0.25) is 19.3 Å². The molecule has 1 unspecified atom stereocenters. The highest BCUT2D eigenvalue weighted by molar-refractivity contribution is 6.08. The lowest BCUT2D eigenvalue weighted by atomic mass is 9.67. The third-order valence-electron chi connectivity index (χ3n) is 6.75. The smallest absolute Gasteiger partial charge is 0.416 e. The summed E-state index contributed by atoms with van der Waals surface area (Å²) in [6.07, 6.45) is -3.30. The summed E-state index contributed by atoms with van der Waals surface area (Å²) in [6.45, 7) is 7.05. The summed E-state index contributed by atoms with van der Waals surface area (Å²) in [4.78, 5) is 50.9. The molecule has 0 bridgehead atoms. The second-order valence-electron chi connectivity index (χ2n) is 10.2. The van der Waals surface area contributed by atoms with Crippen molar-refractivity contribution < 1.29 is 37.1 Å². The topological polar surface area (TPSA) is 105 Å². The minimum Gasteiger partial charge on any atom is -0.451 e. The Morgan fingerprint density at radius 3 is 2.23 bits per heavy atom. The number of anilines is 1. The fourth-order valence-corrected chi connectivity index (χ4v) is 4.54. The molecule has 1 heterocycles. The number of benzene rings is 1. The molecular weight excluding hydrogens is 467 g/mol. The van der Waals surface area contributed by atoms with Crippen LogP contribution in [0.1, 0.15) is 58.9 Å². The molecule has 0 aromatic heterocycles. The molecule has 1 aliphatic carbocycles. The van der Waals surface area contributed by atoms with Crippen molar-refractivity contribution in [2.75, 3.05) is 11.9 Å². The Bertz CT molecular complexity index is 993. The number of ether oxygens (including phenoxy) is 1. The van der Waals surface area contributed by atoms with Crippen molar-refractivity contribution >= 4 is 29.5 Å². The van der Waals surface area contributed by atoms with E-state index in [2.05, 4.69) is 31.4 Å². The number of nitrogens with zero attached hydrogens (tertiary/aromatic N) is 1. The first-order valence-electron chi connectivity index (χ1n) is 11.4. The van der Waals surface area contributed by atoms with Crippen LogP contribution in [-0.4, -0.2) is 46.9 Å². The Kier molecular flexibility index (Phi) is 7.19. The van der Waals surface area contributed by atoms with E-state index in [-0.39, 0.29) is 11.1 Å². The van der Waals surface area contributed by atoms with Crippen molar-refractivity contribution in [1.29, 1.82) is 0 Å². The van der Waals surface area contributed by atoms with Gasteiger partial charge in [-0.2, -0.15) is 13.2 Å². The van der Waals surface area contributed by atoms with E-state index in [1.54, 1.807) is 0 Å². The number of esters is 1. The summed E-state index contributed by atoms with van der Waals surface area (Å²) in [5.41, 5.74) is -1.71. The lowest BCUT2D eigenvalue weighted by Gasteiger charge is -2.40. The Morgan fingerprint density at radius 2 is 1.71 bits per heavy atom. The van der Waals surface area contributed by atoms with E-state index in [1.165, 1.54) is 6.92 Å². The van der Waals surface area contributed by atoms with Crippen LogP contribution in [0, 0.1) is 11.3 Å². The zero-order valence-electron chi connectivity index (χ0n) is 20.1. The molecule has 2 aliphatic rings. The van der Waals surface area contributed by atoms with Crippen molar-refractivity contribution in [3.05, 3.63) is 29.8 Å². The van der Waals surface area contributed by atoms with Crippen molar-refractivity contribution in [3.63, 3.8) is 0 Å². The van der Waals surface area contributed by atoms with Gasteiger partial charge in [-0.15, -0.1) is 0 Å². The minimum atomic E-state index is -4.50. The summed E-state index contributed by atoms with van der Waals surface area (Å²) < 4.78 is 43.0. The first kappa shape index (κ1) is 26.5. The van der Waals surface area contributed by atoms with E-state index in [4.69, 9.17) is 4.74 Å². The van der Waals surface area contributed by atoms with E-state index in [9.17, 15) is 32.3 Å². The van der Waals surface area contributed by atoms with E-state index in [1.807, 2.05) is 0 Å². The molecule has 1 aliphatic heterocycles. The normalized spacial score (nSPS) is 23.7. The fourth-order valence-electron chi connectivity index (χ4n) is 4.54. The van der Waals surface area contributed by atoms with Gasteiger partial charge in [0.05, 0.1) is 5.56 Å². The van der Waals surface area contributed by atoms with Crippen LogP contribution in [0.25, 0.3) is 0 Å². The fraction of sp³-hybridized carbons (Fsp3) is 0.583. The van der Waals surface area contributed by atoms with Gasteiger partial charge in [-0.25, -0.2) is 4.79 Å². The van der Waals surface area contributed by atoms with Gasteiger partial charge in [-0.05, 0) is 68.2 Å². The average molecular weight is 498 g/mol. The second-order valence-corrected chi connectivity index (χ2v) is 10.2. The molecule has 1 saturated carbocycles. The zero-order valence-corrected chi connectivity index (χ0v) is 20.1. The van der Waals surface area contributed by atoms with Crippen LogP contribution >= 0.6 is 0 Å². The molecule has 1 aromatic carbocycles. The number of rotatable bonds is 5. The van der Waals surface area contributed by atoms with Gasteiger partial charge in [0.25, 0.3) is 11.8 Å². The second kappa shape index (κ2) is 9.50. The van der Waals surface area contributed by atoms with E-state index >= 15 is 0 Å². The Balaban J connectivity index is 1.53. The number of halogens is 3. The number of amides is 4. The van der Waals surface area contributed by atoms with Crippen molar-refractivity contribution in [2.24, 2.45) is 11.3 Å². The van der Waals surface area contributed by atoms with Crippen LogP contribution < -0.4 is 10.6 Å². The van der Waals surface area contributed by atoms with Gasteiger partial charge < -0.3 is 15.4 Å². The number of hydrogen-bond acceptors (Lipinski definition) is 5. The average Bonchev–Trinajstić information content (AvgIpc) is 2.97.